The topological polar surface area (TPSA) is 77.3 Å². The molecule has 3 heterocycles. The fraction of sp³-hybridized carbons (Fsp3) is 0.360. The van der Waals surface area contributed by atoms with Gasteiger partial charge in [-0.3, -0.25) is 9.59 Å². The van der Waals surface area contributed by atoms with Crippen LogP contribution in [0.15, 0.2) is 42.7 Å². The number of hydrogen-bond acceptors (Lipinski definition) is 5. The lowest BCUT2D eigenvalue weighted by Gasteiger charge is -2.42. The lowest BCUT2D eigenvalue weighted by molar-refractivity contribution is -0.138. The van der Waals surface area contributed by atoms with Crippen molar-refractivity contribution in [3.63, 3.8) is 0 Å². The van der Waals surface area contributed by atoms with Crippen LogP contribution < -0.4 is 4.90 Å². The van der Waals surface area contributed by atoms with Crippen molar-refractivity contribution in [2.24, 2.45) is 7.05 Å². The van der Waals surface area contributed by atoms with Crippen molar-refractivity contribution < 1.29 is 27.5 Å². The Hall–Kier alpha value is -3.53. The smallest absolute Gasteiger partial charge is 0.379 e. The van der Waals surface area contributed by atoms with Crippen molar-refractivity contribution in [2.75, 3.05) is 18.1 Å². The molecule has 10 heteroatoms. The number of anilines is 1. The number of ether oxygens (including phenoxy) is 1. The predicted octanol–water partition coefficient (Wildman–Crippen LogP) is 4.10. The van der Waals surface area contributed by atoms with E-state index in [1.165, 1.54) is 11.0 Å². The molecule has 2 aliphatic rings. The van der Waals surface area contributed by atoms with Gasteiger partial charge in [0.1, 0.15) is 12.2 Å². The maximum absolute atomic E-state index is 13.9. The molecule has 7 nitrogen and oxygen atoms in total. The largest absolute Gasteiger partial charge is 0.416 e. The number of amides is 1. The van der Waals surface area contributed by atoms with Crippen LogP contribution in [0.4, 0.5) is 18.9 Å². The molecule has 0 bridgehead atoms. The second-order valence-corrected chi connectivity index (χ2v) is 9.07. The van der Waals surface area contributed by atoms with Crippen molar-refractivity contribution in [1.82, 2.24) is 14.8 Å². The van der Waals surface area contributed by atoms with E-state index in [1.807, 2.05) is 23.7 Å². The van der Waals surface area contributed by atoms with Gasteiger partial charge in [-0.2, -0.15) is 13.2 Å². The van der Waals surface area contributed by atoms with Crippen LogP contribution in [-0.2, 0) is 36.3 Å². The summed E-state index contributed by atoms with van der Waals surface area (Å²) in [7, 11) is 1.86. The lowest BCUT2D eigenvalue weighted by atomic mass is 9.75. The molecular weight excluding hydrogens is 461 g/mol. The fourth-order valence-electron chi connectivity index (χ4n) is 4.73. The molecule has 0 aliphatic carbocycles. The molecule has 35 heavy (non-hydrogen) atoms. The lowest BCUT2D eigenvalue weighted by Crippen LogP contribution is -2.49. The zero-order valence-corrected chi connectivity index (χ0v) is 19.2. The maximum Gasteiger partial charge on any atom is 0.416 e. The van der Waals surface area contributed by atoms with Crippen LogP contribution in [0.25, 0.3) is 0 Å². The third-order valence-electron chi connectivity index (χ3n) is 6.82. The van der Waals surface area contributed by atoms with Gasteiger partial charge in [-0.25, -0.2) is 0 Å². The Balaban J connectivity index is 1.52. The van der Waals surface area contributed by atoms with Crippen molar-refractivity contribution in [2.45, 2.75) is 37.9 Å². The number of rotatable bonds is 6. The van der Waals surface area contributed by atoms with Crippen LogP contribution in [0, 0.1) is 0 Å². The number of aromatic nitrogens is 3. The van der Waals surface area contributed by atoms with Crippen LogP contribution in [0.1, 0.15) is 56.6 Å². The van der Waals surface area contributed by atoms with E-state index in [1.54, 1.807) is 25.4 Å². The summed E-state index contributed by atoms with van der Waals surface area (Å²) in [4.78, 5) is 26.8. The van der Waals surface area contributed by atoms with Gasteiger partial charge in [0, 0.05) is 42.1 Å². The normalized spacial score (nSPS) is 16.8. The number of nitrogens with zero attached hydrogens (tertiary/aromatic N) is 4. The Morgan fingerprint density at radius 1 is 1.20 bits per heavy atom. The molecular formula is C25H23F3N4O3. The number of Topliss-reactive ketones (excluding diaryl/α,β-unsaturated/α-hetero) is 1. The molecule has 1 aromatic heterocycles. The van der Waals surface area contributed by atoms with Gasteiger partial charge in [0.15, 0.2) is 5.78 Å². The summed E-state index contributed by atoms with van der Waals surface area (Å²) in [6.45, 7) is 2.26. The number of alkyl halides is 3. The highest BCUT2D eigenvalue weighted by molar-refractivity contribution is 6.12. The first-order valence-electron chi connectivity index (χ1n) is 11.2. The van der Waals surface area contributed by atoms with E-state index < -0.39 is 23.4 Å². The van der Waals surface area contributed by atoms with E-state index in [0.717, 1.165) is 17.5 Å². The molecule has 0 spiro atoms. The monoisotopic (exact) mass is 484 g/mol. The van der Waals surface area contributed by atoms with Crippen LogP contribution >= 0.6 is 0 Å². The first-order chi connectivity index (χ1) is 16.6. The van der Waals surface area contributed by atoms with E-state index >= 15 is 0 Å². The number of halogens is 3. The quantitative estimate of drug-likeness (QED) is 0.493. The summed E-state index contributed by atoms with van der Waals surface area (Å²) in [5, 5.41) is 8.10. The molecule has 5 rings (SSSR count). The molecule has 1 saturated heterocycles. The summed E-state index contributed by atoms with van der Waals surface area (Å²) in [6, 6.07) is 9.39. The first-order valence-corrected chi connectivity index (χ1v) is 11.2. The zero-order valence-electron chi connectivity index (χ0n) is 19.2. The molecule has 182 valence electrons. The summed E-state index contributed by atoms with van der Waals surface area (Å²) in [5.41, 5.74) is -0.203. The molecule has 0 N–H and O–H groups in total. The Morgan fingerprint density at radius 3 is 2.57 bits per heavy atom. The van der Waals surface area contributed by atoms with Gasteiger partial charge in [-0.05, 0) is 35.4 Å². The van der Waals surface area contributed by atoms with E-state index in [9.17, 15) is 22.8 Å². The summed E-state index contributed by atoms with van der Waals surface area (Å²) in [6.07, 6.45) is -2.45. The van der Waals surface area contributed by atoms with Crippen LogP contribution in [-0.4, -0.2) is 39.7 Å². The molecule has 0 unspecified atom stereocenters. The number of carbonyl (C=O) groups is 2. The Labute approximate surface area is 199 Å². The highest BCUT2D eigenvalue weighted by atomic mass is 19.4. The van der Waals surface area contributed by atoms with Gasteiger partial charge in [0.25, 0.3) is 5.91 Å². The van der Waals surface area contributed by atoms with E-state index in [2.05, 4.69) is 10.2 Å². The van der Waals surface area contributed by atoms with Gasteiger partial charge in [0.05, 0.1) is 25.3 Å². The van der Waals surface area contributed by atoms with E-state index in [4.69, 9.17) is 4.74 Å². The Kier molecular flexibility index (Phi) is 5.51. The number of hydrogen-bond donors (Lipinski definition) is 0. The summed E-state index contributed by atoms with van der Waals surface area (Å²) in [5.74, 6) is -0.214. The van der Waals surface area contributed by atoms with Crippen molar-refractivity contribution in [3.05, 3.63) is 76.4 Å². The third kappa shape index (κ3) is 3.91. The standard InChI is InChI=1S/C25H23F3N4O3/c1-3-21(33)15-7-18-19(20(8-15)25(26,27)28)11-32(23(18)34)17-6-4-5-16(9-17)24(12-35-13-24)10-22-30-29-14-31(22)2/h4-9,14H,3,10-13H2,1-2H3. The zero-order chi connectivity index (χ0) is 25.0. The minimum Gasteiger partial charge on any atom is -0.379 e. The summed E-state index contributed by atoms with van der Waals surface area (Å²) >= 11 is 0. The number of fused-ring (bicyclic) bond motifs is 1. The van der Waals surface area contributed by atoms with Crippen molar-refractivity contribution in [1.29, 1.82) is 0 Å². The SMILES string of the molecule is CCC(=O)c1cc2c(c(C(F)(F)F)c1)CN(c1cccc(C3(Cc4nncn4C)COC3)c1)C2=O. The number of aryl methyl sites for hydroxylation is 1. The third-order valence-corrected chi connectivity index (χ3v) is 6.82. The van der Waals surface area contributed by atoms with E-state index in [0.29, 0.717) is 25.3 Å². The molecule has 2 aliphatic heterocycles. The van der Waals surface area contributed by atoms with Gasteiger partial charge >= 0.3 is 6.18 Å². The van der Waals surface area contributed by atoms with Gasteiger partial charge in [-0.15, -0.1) is 10.2 Å². The molecule has 0 atom stereocenters. The van der Waals surface area contributed by atoms with Crippen molar-refractivity contribution >= 4 is 17.4 Å². The predicted molar refractivity (Wildman–Crippen MR) is 120 cm³/mol. The Morgan fingerprint density at radius 2 is 1.97 bits per heavy atom. The number of ketones is 1. The van der Waals surface area contributed by atoms with Crippen LogP contribution in [0.5, 0.6) is 0 Å². The molecule has 1 fully saturated rings. The number of benzene rings is 2. The van der Waals surface area contributed by atoms with Gasteiger partial charge in [-0.1, -0.05) is 19.1 Å². The van der Waals surface area contributed by atoms with Crippen LogP contribution in [0.3, 0.4) is 0 Å². The fourth-order valence-corrected chi connectivity index (χ4v) is 4.73. The Bertz CT molecular complexity index is 1330. The highest BCUT2D eigenvalue weighted by Gasteiger charge is 2.43. The minimum atomic E-state index is -4.68. The van der Waals surface area contributed by atoms with E-state index in [-0.39, 0.29) is 35.1 Å². The molecule has 0 radical (unpaired) electrons. The van der Waals surface area contributed by atoms with Crippen molar-refractivity contribution in [3.8, 4) is 0 Å². The molecule has 2 aromatic carbocycles. The molecule has 0 saturated carbocycles. The molecule has 1 amide bonds. The second-order valence-electron chi connectivity index (χ2n) is 9.07. The van der Waals surface area contributed by atoms with Crippen LogP contribution in [0.2, 0.25) is 0 Å². The average molecular weight is 484 g/mol. The average Bonchev–Trinajstić information content (AvgIpc) is 3.36. The maximum atomic E-state index is 13.9. The minimum absolute atomic E-state index is 0.0473. The second kappa shape index (κ2) is 8.30. The highest BCUT2D eigenvalue weighted by Crippen LogP contribution is 2.41. The summed E-state index contributed by atoms with van der Waals surface area (Å²) < 4.78 is 49.0. The first kappa shape index (κ1) is 23.2. The van der Waals surface area contributed by atoms with Gasteiger partial charge < -0.3 is 14.2 Å². The molecule has 3 aromatic rings. The van der Waals surface area contributed by atoms with Gasteiger partial charge in [0.2, 0.25) is 0 Å². The number of carbonyl (C=O) groups excluding carboxylic acids is 2.